The van der Waals surface area contributed by atoms with Crippen LogP contribution in [0.1, 0.15) is 32.8 Å². The van der Waals surface area contributed by atoms with Gasteiger partial charge in [0.05, 0.1) is 6.54 Å². The topological polar surface area (TPSA) is 56.7 Å². The molecule has 5 nitrogen and oxygen atoms in total. The summed E-state index contributed by atoms with van der Waals surface area (Å²) in [6, 6.07) is 5.14. The first-order valence-corrected chi connectivity index (χ1v) is 9.47. The Bertz CT molecular complexity index is 636. The highest BCUT2D eigenvalue weighted by Crippen LogP contribution is 2.16. The Morgan fingerprint density at radius 2 is 2.24 bits per heavy atom. The summed E-state index contributed by atoms with van der Waals surface area (Å²) in [5.74, 6) is 0.571. The molecule has 7 heteroatoms. The third-order valence-corrected chi connectivity index (χ3v) is 4.59. The van der Waals surface area contributed by atoms with Gasteiger partial charge < -0.3 is 15.5 Å². The van der Waals surface area contributed by atoms with Crippen molar-refractivity contribution in [2.24, 2.45) is 10.9 Å². The molecule has 1 atom stereocenters. The number of hydrogen-bond acceptors (Lipinski definition) is 2. The molecule has 1 heterocycles. The monoisotopic (exact) mass is 412 g/mol. The first-order chi connectivity index (χ1) is 11.9. The van der Waals surface area contributed by atoms with E-state index in [9.17, 15) is 9.18 Å². The highest BCUT2D eigenvalue weighted by atomic mass is 79.9. The molecule has 0 radical (unpaired) electrons. The van der Waals surface area contributed by atoms with Gasteiger partial charge in [-0.1, -0.05) is 35.8 Å². The van der Waals surface area contributed by atoms with Crippen molar-refractivity contribution in [1.29, 1.82) is 0 Å². The standard InChI is InChI=1S/C18H26BrFN4O/c1-4-21-18(22-10-13-5-6-14(19)9-16(13)20)23-15-7-8-24(11-15)17(25)12(2)3/h5-6,9,12,15H,4,7-8,10-11H2,1-3H3,(H2,21,22,23). The summed E-state index contributed by atoms with van der Waals surface area (Å²) in [6.07, 6.45) is 0.884. The number of nitrogens with one attached hydrogen (secondary N) is 2. The molecule has 1 saturated heterocycles. The minimum atomic E-state index is -0.274. The van der Waals surface area contributed by atoms with E-state index in [4.69, 9.17) is 0 Å². The molecule has 1 unspecified atom stereocenters. The van der Waals surface area contributed by atoms with Crippen molar-refractivity contribution in [2.75, 3.05) is 19.6 Å². The second-order valence-corrected chi connectivity index (χ2v) is 7.42. The number of hydrogen-bond donors (Lipinski definition) is 2. The molecule has 1 fully saturated rings. The fourth-order valence-electron chi connectivity index (χ4n) is 2.77. The molecule has 1 aliphatic rings. The van der Waals surface area contributed by atoms with Gasteiger partial charge in [0, 0.05) is 41.6 Å². The molecular weight excluding hydrogens is 387 g/mol. The zero-order valence-electron chi connectivity index (χ0n) is 15.0. The average molecular weight is 413 g/mol. The predicted molar refractivity (Wildman–Crippen MR) is 102 cm³/mol. The smallest absolute Gasteiger partial charge is 0.225 e. The summed E-state index contributed by atoms with van der Waals surface area (Å²) in [6.45, 7) is 8.23. The van der Waals surface area contributed by atoms with E-state index < -0.39 is 0 Å². The summed E-state index contributed by atoms with van der Waals surface area (Å²) in [4.78, 5) is 18.5. The Labute approximate surface area is 157 Å². The van der Waals surface area contributed by atoms with Gasteiger partial charge in [-0.15, -0.1) is 0 Å². The number of halogens is 2. The maximum absolute atomic E-state index is 13.9. The lowest BCUT2D eigenvalue weighted by Gasteiger charge is -2.20. The first kappa shape index (κ1) is 19.7. The fourth-order valence-corrected chi connectivity index (χ4v) is 3.10. The van der Waals surface area contributed by atoms with E-state index in [0.717, 1.165) is 19.5 Å². The highest BCUT2D eigenvalue weighted by Gasteiger charge is 2.27. The number of nitrogens with zero attached hydrogens (tertiary/aromatic N) is 2. The predicted octanol–water partition coefficient (Wildman–Crippen LogP) is 2.90. The number of likely N-dealkylation sites (tertiary alicyclic amines) is 1. The van der Waals surface area contributed by atoms with Gasteiger partial charge in [-0.2, -0.15) is 0 Å². The van der Waals surface area contributed by atoms with Crippen LogP contribution in [-0.2, 0) is 11.3 Å². The highest BCUT2D eigenvalue weighted by molar-refractivity contribution is 9.10. The molecule has 25 heavy (non-hydrogen) atoms. The molecule has 0 bridgehead atoms. The number of amides is 1. The number of benzene rings is 1. The minimum Gasteiger partial charge on any atom is -0.357 e. The second-order valence-electron chi connectivity index (χ2n) is 6.50. The molecule has 138 valence electrons. The molecule has 1 aliphatic heterocycles. The third kappa shape index (κ3) is 5.70. The van der Waals surface area contributed by atoms with Crippen molar-refractivity contribution in [3.8, 4) is 0 Å². The van der Waals surface area contributed by atoms with Crippen LogP contribution in [0.15, 0.2) is 27.7 Å². The molecule has 0 aromatic heterocycles. The Morgan fingerprint density at radius 3 is 2.88 bits per heavy atom. The van der Waals surface area contributed by atoms with Crippen LogP contribution < -0.4 is 10.6 Å². The normalized spacial score (nSPS) is 17.9. The van der Waals surface area contributed by atoms with E-state index >= 15 is 0 Å². The Balaban J connectivity index is 1.97. The zero-order chi connectivity index (χ0) is 18.4. The van der Waals surface area contributed by atoms with Crippen LogP contribution >= 0.6 is 15.9 Å². The Hall–Kier alpha value is -1.63. The summed E-state index contributed by atoms with van der Waals surface area (Å²) in [7, 11) is 0. The number of guanidine groups is 1. The maximum atomic E-state index is 13.9. The lowest BCUT2D eigenvalue weighted by atomic mass is 10.2. The molecule has 0 spiro atoms. The van der Waals surface area contributed by atoms with Crippen molar-refractivity contribution in [3.63, 3.8) is 0 Å². The van der Waals surface area contributed by atoms with Crippen LogP contribution in [0, 0.1) is 11.7 Å². The van der Waals surface area contributed by atoms with Crippen LogP contribution in [0.3, 0.4) is 0 Å². The second kappa shape index (κ2) is 9.17. The van der Waals surface area contributed by atoms with Gasteiger partial charge in [-0.25, -0.2) is 9.38 Å². The minimum absolute atomic E-state index is 0.0148. The lowest BCUT2D eigenvalue weighted by Crippen LogP contribution is -2.45. The first-order valence-electron chi connectivity index (χ1n) is 8.68. The summed E-state index contributed by atoms with van der Waals surface area (Å²) >= 11 is 3.25. The molecule has 2 rings (SSSR count). The SMILES string of the molecule is CCNC(=NCc1ccc(Br)cc1F)NC1CCN(C(=O)C(C)C)C1. The van der Waals surface area contributed by atoms with Gasteiger partial charge in [-0.3, -0.25) is 4.79 Å². The molecular formula is C18H26BrFN4O. The van der Waals surface area contributed by atoms with Crippen molar-refractivity contribution in [2.45, 2.75) is 39.8 Å². The molecule has 1 amide bonds. The van der Waals surface area contributed by atoms with Crippen LogP contribution in [0.5, 0.6) is 0 Å². The van der Waals surface area contributed by atoms with E-state index in [1.165, 1.54) is 6.07 Å². The Morgan fingerprint density at radius 1 is 1.48 bits per heavy atom. The van der Waals surface area contributed by atoms with Gasteiger partial charge in [0.25, 0.3) is 0 Å². The van der Waals surface area contributed by atoms with Gasteiger partial charge in [0.1, 0.15) is 5.82 Å². The third-order valence-electron chi connectivity index (χ3n) is 4.10. The van der Waals surface area contributed by atoms with Crippen LogP contribution in [-0.4, -0.2) is 42.4 Å². The zero-order valence-corrected chi connectivity index (χ0v) is 16.6. The van der Waals surface area contributed by atoms with E-state index in [2.05, 4.69) is 31.6 Å². The number of carbonyl (C=O) groups is 1. The van der Waals surface area contributed by atoms with Gasteiger partial charge in [0.2, 0.25) is 5.91 Å². The molecule has 1 aromatic rings. The van der Waals surface area contributed by atoms with Crippen LogP contribution in [0.25, 0.3) is 0 Å². The summed E-state index contributed by atoms with van der Waals surface area (Å²) < 4.78 is 14.6. The number of carbonyl (C=O) groups excluding carboxylic acids is 1. The van der Waals surface area contributed by atoms with Crippen molar-refractivity contribution < 1.29 is 9.18 Å². The van der Waals surface area contributed by atoms with E-state index in [-0.39, 0.29) is 30.2 Å². The van der Waals surface area contributed by atoms with E-state index in [1.54, 1.807) is 12.1 Å². The van der Waals surface area contributed by atoms with Gasteiger partial charge in [-0.05, 0) is 25.5 Å². The quantitative estimate of drug-likeness (QED) is 0.577. The molecule has 0 aliphatic carbocycles. The summed E-state index contributed by atoms with van der Waals surface area (Å²) in [5, 5.41) is 6.54. The average Bonchev–Trinajstić information content (AvgIpc) is 3.01. The van der Waals surface area contributed by atoms with Gasteiger partial charge in [0.15, 0.2) is 5.96 Å². The molecule has 1 aromatic carbocycles. The van der Waals surface area contributed by atoms with Crippen molar-refractivity contribution in [1.82, 2.24) is 15.5 Å². The summed E-state index contributed by atoms with van der Waals surface area (Å²) in [5.41, 5.74) is 0.545. The van der Waals surface area contributed by atoms with E-state index in [0.29, 0.717) is 22.5 Å². The lowest BCUT2D eigenvalue weighted by molar-refractivity contribution is -0.133. The van der Waals surface area contributed by atoms with E-state index in [1.807, 2.05) is 25.7 Å². The van der Waals surface area contributed by atoms with Gasteiger partial charge >= 0.3 is 0 Å². The fraction of sp³-hybridized carbons (Fsp3) is 0.556. The number of rotatable bonds is 5. The molecule has 0 saturated carbocycles. The largest absolute Gasteiger partial charge is 0.357 e. The van der Waals surface area contributed by atoms with Crippen LogP contribution in [0.4, 0.5) is 4.39 Å². The molecule has 2 N–H and O–H groups in total. The van der Waals surface area contributed by atoms with Crippen LogP contribution in [0.2, 0.25) is 0 Å². The Kier molecular flexibility index (Phi) is 7.23. The number of aliphatic imine (C=N–C) groups is 1. The van der Waals surface area contributed by atoms with Crippen molar-refractivity contribution in [3.05, 3.63) is 34.1 Å². The maximum Gasteiger partial charge on any atom is 0.225 e. The van der Waals surface area contributed by atoms with Crippen molar-refractivity contribution >= 4 is 27.8 Å².